The molecule has 1 rings (SSSR count). The summed E-state index contributed by atoms with van der Waals surface area (Å²) in [6.07, 6.45) is 6.99. The highest BCUT2D eigenvalue weighted by molar-refractivity contribution is 4.69. The maximum atomic E-state index is 5.65. The van der Waals surface area contributed by atoms with E-state index in [9.17, 15) is 0 Å². The average Bonchev–Trinajstić information content (AvgIpc) is 2.70. The second-order valence-corrected chi connectivity index (χ2v) is 5.05. The van der Waals surface area contributed by atoms with E-state index in [1.54, 1.807) is 0 Å². The Hall–Kier alpha value is -0.0800. The Morgan fingerprint density at radius 2 is 2.20 bits per heavy atom. The first-order valence-electron chi connectivity index (χ1n) is 6.57. The molecular weight excluding hydrogens is 186 g/mol. The first-order valence-corrected chi connectivity index (χ1v) is 6.57. The highest BCUT2D eigenvalue weighted by atomic mass is 16.5. The van der Waals surface area contributed by atoms with Crippen LogP contribution in [0.25, 0.3) is 0 Å². The lowest BCUT2D eigenvalue weighted by molar-refractivity contribution is 0.0976. The Balaban J connectivity index is 2.09. The van der Waals surface area contributed by atoms with Gasteiger partial charge in [-0.15, -0.1) is 0 Å². The van der Waals surface area contributed by atoms with Crippen LogP contribution in [0.3, 0.4) is 0 Å². The van der Waals surface area contributed by atoms with Gasteiger partial charge in [-0.3, -0.25) is 0 Å². The van der Waals surface area contributed by atoms with Gasteiger partial charge in [0.15, 0.2) is 0 Å². The van der Waals surface area contributed by atoms with E-state index < -0.39 is 0 Å². The van der Waals surface area contributed by atoms with E-state index in [1.807, 2.05) is 0 Å². The normalized spacial score (nSPS) is 23.6. The molecule has 1 fully saturated rings. The second-order valence-electron chi connectivity index (χ2n) is 5.05. The van der Waals surface area contributed by atoms with Crippen molar-refractivity contribution in [2.45, 2.75) is 65.0 Å². The molecule has 90 valence electrons. The Labute approximate surface area is 94.8 Å². The molecule has 0 bridgehead atoms. The molecule has 15 heavy (non-hydrogen) atoms. The molecule has 2 nitrogen and oxygen atoms in total. The second kappa shape index (κ2) is 7.24. The van der Waals surface area contributed by atoms with E-state index in [1.165, 1.54) is 38.6 Å². The lowest BCUT2D eigenvalue weighted by atomic mass is 9.97. The summed E-state index contributed by atoms with van der Waals surface area (Å²) in [6, 6.07) is 0.613. The van der Waals surface area contributed by atoms with Crippen molar-refractivity contribution in [1.82, 2.24) is 5.32 Å². The summed E-state index contributed by atoms with van der Waals surface area (Å²) in [7, 11) is 0. The quantitative estimate of drug-likeness (QED) is 0.702. The molecule has 0 aromatic heterocycles. The summed E-state index contributed by atoms with van der Waals surface area (Å²) < 4.78 is 5.65. The maximum absolute atomic E-state index is 5.65. The monoisotopic (exact) mass is 213 g/mol. The third-order valence-corrected chi connectivity index (χ3v) is 3.31. The van der Waals surface area contributed by atoms with Gasteiger partial charge >= 0.3 is 0 Å². The molecule has 0 amide bonds. The Bertz CT molecular complexity index is 153. The average molecular weight is 213 g/mol. The van der Waals surface area contributed by atoms with Gasteiger partial charge < -0.3 is 10.1 Å². The fraction of sp³-hybridized carbons (Fsp3) is 1.00. The van der Waals surface area contributed by atoms with Gasteiger partial charge in [0.05, 0.1) is 6.10 Å². The molecule has 0 aromatic rings. The first-order chi connectivity index (χ1) is 7.22. The van der Waals surface area contributed by atoms with Crippen molar-refractivity contribution in [2.24, 2.45) is 5.92 Å². The molecule has 1 aliphatic rings. The molecule has 0 aliphatic carbocycles. The largest absolute Gasteiger partial charge is 0.378 e. The molecule has 0 aromatic carbocycles. The smallest absolute Gasteiger partial charge is 0.0576 e. The van der Waals surface area contributed by atoms with Gasteiger partial charge in [0.25, 0.3) is 0 Å². The van der Waals surface area contributed by atoms with Crippen LogP contribution in [0.15, 0.2) is 0 Å². The van der Waals surface area contributed by atoms with Gasteiger partial charge in [-0.2, -0.15) is 0 Å². The summed E-state index contributed by atoms with van der Waals surface area (Å²) in [5, 5.41) is 3.53. The van der Waals surface area contributed by atoms with Gasteiger partial charge in [0, 0.05) is 12.6 Å². The van der Waals surface area contributed by atoms with E-state index in [-0.39, 0.29) is 0 Å². The number of hydrogen-bond acceptors (Lipinski definition) is 2. The molecule has 2 unspecified atom stereocenters. The summed E-state index contributed by atoms with van der Waals surface area (Å²) in [5.41, 5.74) is 0. The van der Waals surface area contributed by atoms with Crippen LogP contribution in [-0.2, 0) is 4.74 Å². The zero-order chi connectivity index (χ0) is 11.1. The lowest BCUT2D eigenvalue weighted by Crippen LogP contribution is -2.29. The van der Waals surface area contributed by atoms with Crippen LogP contribution in [0, 0.1) is 5.92 Å². The molecule has 1 heterocycles. The molecule has 1 N–H and O–H groups in total. The van der Waals surface area contributed by atoms with Crippen LogP contribution >= 0.6 is 0 Å². The SMILES string of the molecule is CCC(CCC1CCCO1)CNC(C)C. The van der Waals surface area contributed by atoms with Gasteiger partial charge in [-0.25, -0.2) is 0 Å². The summed E-state index contributed by atoms with van der Waals surface area (Å²) in [6.45, 7) is 8.88. The Kier molecular flexibility index (Phi) is 6.26. The minimum absolute atomic E-state index is 0.568. The van der Waals surface area contributed by atoms with Crippen molar-refractivity contribution in [1.29, 1.82) is 0 Å². The number of nitrogens with one attached hydrogen (secondary N) is 1. The van der Waals surface area contributed by atoms with Crippen LogP contribution in [-0.4, -0.2) is 25.3 Å². The predicted molar refractivity (Wildman–Crippen MR) is 65.1 cm³/mol. The molecule has 1 saturated heterocycles. The van der Waals surface area contributed by atoms with Crippen molar-refractivity contribution >= 4 is 0 Å². The summed E-state index contributed by atoms with van der Waals surface area (Å²) in [5.74, 6) is 0.830. The highest BCUT2D eigenvalue weighted by Gasteiger charge is 2.17. The van der Waals surface area contributed by atoms with E-state index in [4.69, 9.17) is 4.74 Å². The third-order valence-electron chi connectivity index (χ3n) is 3.31. The predicted octanol–water partition coefficient (Wildman–Crippen LogP) is 2.97. The van der Waals surface area contributed by atoms with Gasteiger partial charge in [-0.1, -0.05) is 27.2 Å². The molecule has 0 saturated carbocycles. The molecule has 2 atom stereocenters. The van der Waals surface area contributed by atoms with Crippen LogP contribution in [0.5, 0.6) is 0 Å². The van der Waals surface area contributed by atoms with E-state index in [0.29, 0.717) is 12.1 Å². The van der Waals surface area contributed by atoms with Gasteiger partial charge in [-0.05, 0) is 38.1 Å². The molecule has 1 aliphatic heterocycles. The molecule has 0 radical (unpaired) electrons. The van der Waals surface area contributed by atoms with Crippen LogP contribution < -0.4 is 5.32 Å². The fourth-order valence-corrected chi connectivity index (χ4v) is 2.15. The van der Waals surface area contributed by atoms with Crippen LogP contribution in [0.4, 0.5) is 0 Å². The lowest BCUT2D eigenvalue weighted by Gasteiger charge is -2.19. The molecular formula is C13H27NO. The van der Waals surface area contributed by atoms with E-state index in [0.717, 1.165) is 12.5 Å². The van der Waals surface area contributed by atoms with Crippen molar-refractivity contribution in [2.75, 3.05) is 13.2 Å². The van der Waals surface area contributed by atoms with Crippen molar-refractivity contribution in [3.05, 3.63) is 0 Å². The van der Waals surface area contributed by atoms with Crippen molar-refractivity contribution in [3.63, 3.8) is 0 Å². The standard InChI is InChI=1S/C13H27NO/c1-4-12(10-14-11(2)3)7-8-13-6-5-9-15-13/h11-14H,4-10H2,1-3H3. The summed E-state index contributed by atoms with van der Waals surface area (Å²) in [4.78, 5) is 0. The van der Waals surface area contributed by atoms with Gasteiger partial charge in [0.2, 0.25) is 0 Å². The van der Waals surface area contributed by atoms with E-state index >= 15 is 0 Å². The number of hydrogen-bond donors (Lipinski definition) is 1. The van der Waals surface area contributed by atoms with Crippen LogP contribution in [0.2, 0.25) is 0 Å². The minimum atomic E-state index is 0.568. The zero-order valence-electron chi connectivity index (χ0n) is 10.6. The highest BCUT2D eigenvalue weighted by Crippen LogP contribution is 2.20. The zero-order valence-corrected chi connectivity index (χ0v) is 10.6. The topological polar surface area (TPSA) is 21.3 Å². The first kappa shape index (κ1) is 13.0. The molecule has 0 spiro atoms. The maximum Gasteiger partial charge on any atom is 0.0576 e. The number of rotatable bonds is 7. The van der Waals surface area contributed by atoms with Gasteiger partial charge in [0.1, 0.15) is 0 Å². The van der Waals surface area contributed by atoms with Crippen molar-refractivity contribution < 1.29 is 4.74 Å². The Morgan fingerprint density at radius 1 is 1.40 bits per heavy atom. The molecule has 2 heteroatoms. The number of ether oxygens (including phenoxy) is 1. The Morgan fingerprint density at radius 3 is 2.73 bits per heavy atom. The third kappa shape index (κ3) is 5.53. The van der Waals surface area contributed by atoms with Crippen molar-refractivity contribution in [3.8, 4) is 0 Å². The summed E-state index contributed by atoms with van der Waals surface area (Å²) >= 11 is 0. The van der Waals surface area contributed by atoms with E-state index in [2.05, 4.69) is 26.1 Å². The van der Waals surface area contributed by atoms with Crippen LogP contribution in [0.1, 0.15) is 52.9 Å². The minimum Gasteiger partial charge on any atom is -0.378 e. The fourth-order valence-electron chi connectivity index (χ4n) is 2.15.